The molecule has 318 valence electrons. The summed E-state index contributed by atoms with van der Waals surface area (Å²) in [4.78, 5) is 4.81. The number of fused-ring (bicyclic) bond motifs is 5. The molecule has 7 heteroatoms. The molecule has 3 aromatic heterocycles. The minimum absolute atomic E-state index is 0.0166. The Morgan fingerprint density at radius 1 is 0.594 bits per heavy atom. The van der Waals surface area contributed by atoms with E-state index in [0.29, 0.717) is 6.61 Å². The second-order valence-corrected chi connectivity index (χ2v) is 19.5. The van der Waals surface area contributed by atoms with Gasteiger partial charge >= 0.3 is 320 Å². The van der Waals surface area contributed by atoms with Crippen LogP contribution in [0.1, 0.15) is 52.2 Å². The summed E-state index contributed by atoms with van der Waals surface area (Å²) in [5.74, 6) is 3.28. The molecule has 0 aliphatic carbocycles. The van der Waals surface area contributed by atoms with Gasteiger partial charge in [-0.3, -0.25) is 0 Å². The molecule has 0 unspecified atom stereocenters. The molecule has 11 rings (SSSR count). The van der Waals surface area contributed by atoms with Crippen molar-refractivity contribution >= 4 is 32.8 Å². The van der Waals surface area contributed by atoms with Crippen molar-refractivity contribution in [1.29, 1.82) is 0 Å². The number of para-hydroxylation sites is 2. The molecule has 0 amide bonds. The first-order valence-corrected chi connectivity index (χ1v) is 23.1. The van der Waals surface area contributed by atoms with Gasteiger partial charge in [0.25, 0.3) is 0 Å². The van der Waals surface area contributed by atoms with Crippen molar-refractivity contribution in [3.63, 3.8) is 0 Å². The van der Waals surface area contributed by atoms with Crippen LogP contribution in [0, 0.1) is 3.80 Å². The van der Waals surface area contributed by atoms with E-state index in [1.54, 1.807) is 0 Å². The molecule has 7 aromatic carbocycles. The molecule has 0 N–H and O–H groups in total. The van der Waals surface area contributed by atoms with Crippen LogP contribution in [-0.2, 0) is 30.2 Å². The van der Waals surface area contributed by atoms with Crippen LogP contribution in [-0.4, -0.2) is 25.3 Å². The summed E-state index contributed by atoms with van der Waals surface area (Å²) in [5, 5.41) is 2.32. The molecule has 1 aliphatic rings. The van der Waals surface area contributed by atoms with Gasteiger partial charge in [0.1, 0.15) is 5.75 Å². The summed E-state index contributed by atoms with van der Waals surface area (Å²) < 4.78 is 21.2. The van der Waals surface area contributed by atoms with Crippen LogP contribution in [0.15, 0.2) is 176 Å². The van der Waals surface area contributed by atoms with Crippen LogP contribution in [0.2, 0.25) is 0 Å². The minimum atomic E-state index is -0.0663. The van der Waals surface area contributed by atoms with Crippen molar-refractivity contribution in [1.82, 2.24) is 18.7 Å². The number of nitrogens with zero attached hydrogens (tertiary/aromatic N) is 4. The Hall–Kier alpha value is -6.75. The molecule has 1 aliphatic heterocycles. The van der Waals surface area contributed by atoms with Gasteiger partial charge < -0.3 is 4.74 Å². The second kappa shape index (κ2) is 15.5. The predicted molar refractivity (Wildman–Crippen MR) is 257 cm³/mol. The van der Waals surface area contributed by atoms with E-state index in [0.717, 1.165) is 72.1 Å². The number of aromatic nitrogens is 4. The SMILES string of the molecule is CC(C)(C)c1cc(-c2ccccc2)c(-n2[c](=[Pt])n(-c3cccc(Oc4ccc5c6cc7c(cc6n(-c6ccccn6)c5c4)OCCC7(C)C)c3)c3ccccc32)c(-c2ccccc2)c1. The van der Waals surface area contributed by atoms with E-state index in [2.05, 4.69) is 219 Å². The number of hydrogen-bond acceptors (Lipinski definition) is 3. The van der Waals surface area contributed by atoms with Gasteiger partial charge in [-0.2, -0.15) is 0 Å². The fourth-order valence-electron chi connectivity index (χ4n) is 9.40. The summed E-state index contributed by atoms with van der Waals surface area (Å²) in [5.41, 5.74) is 13.6. The van der Waals surface area contributed by atoms with E-state index in [1.165, 1.54) is 38.8 Å². The number of imidazole rings is 1. The third-order valence-corrected chi connectivity index (χ3v) is 13.8. The quantitative estimate of drug-likeness (QED) is 0.160. The Morgan fingerprint density at radius 3 is 1.91 bits per heavy atom. The summed E-state index contributed by atoms with van der Waals surface area (Å²) in [6.07, 6.45) is 2.83. The van der Waals surface area contributed by atoms with E-state index in [1.807, 2.05) is 24.4 Å². The molecule has 64 heavy (non-hydrogen) atoms. The number of pyridine rings is 1. The molecule has 0 bridgehead atoms. The molecular weight excluding hydrogens is 968 g/mol. The van der Waals surface area contributed by atoms with Crippen LogP contribution in [0.3, 0.4) is 0 Å². The van der Waals surface area contributed by atoms with E-state index in [9.17, 15) is 0 Å². The zero-order valence-electron chi connectivity index (χ0n) is 36.6. The molecule has 0 saturated carbocycles. The van der Waals surface area contributed by atoms with Gasteiger partial charge in [-0.05, 0) is 17.9 Å². The van der Waals surface area contributed by atoms with Gasteiger partial charge in [-0.1, -0.05) is 19.9 Å². The fourth-order valence-corrected chi connectivity index (χ4v) is 10.5. The monoisotopic (exact) mass is 1020 g/mol. The summed E-state index contributed by atoms with van der Waals surface area (Å²) >= 11 is 2.52. The van der Waals surface area contributed by atoms with Crippen LogP contribution in [0.25, 0.3) is 72.3 Å². The van der Waals surface area contributed by atoms with Gasteiger partial charge in [-0.15, -0.1) is 0 Å². The summed E-state index contributed by atoms with van der Waals surface area (Å²) in [6.45, 7) is 12.2. The number of rotatable bonds is 7. The zero-order chi connectivity index (χ0) is 43.7. The second-order valence-electron chi connectivity index (χ2n) is 18.5. The van der Waals surface area contributed by atoms with Gasteiger partial charge in [0.15, 0.2) is 0 Å². The van der Waals surface area contributed by atoms with Crippen molar-refractivity contribution in [2.45, 2.75) is 51.9 Å². The Kier molecular flexibility index (Phi) is 9.70. The molecule has 10 aromatic rings. The van der Waals surface area contributed by atoms with Crippen molar-refractivity contribution in [2.24, 2.45) is 0 Å². The van der Waals surface area contributed by atoms with E-state index < -0.39 is 0 Å². The maximum absolute atomic E-state index is 6.83. The third-order valence-electron chi connectivity index (χ3n) is 12.8. The Balaban J connectivity index is 1.07. The Labute approximate surface area is 384 Å². The summed E-state index contributed by atoms with van der Waals surface area (Å²) in [7, 11) is 0. The topological polar surface area (TPSA) is 46.1 Å². The average Bonchev–Trinajstić information content (AvgIpc) is 3.78. The maximum atomic E-state index is 6.83. The summed E-state index contributed by atoms with van der Waals surface area (Å²) in [6, 6.07) is 60.5. The molecule has 0 atom stereocenters. The number of ether oxygens (including phenoxy) is 2. The predicted octanol–water partition coefficient (Wildman–Crippen LogP) is 14.5. The van der Waals surface area contributed by atoms with E-state index >= 15 is 0 Å². The first-order chi connectivity index (χ1) is 31.0. The number of benzene rings is 7. The van der Waals surface area contributed by atoms with E-state index in [4.69, 9.17) is 14.5 Å². The van der Waals surface area contributed by atoms with Gasteiger partial charge in [0.05, 0.1) is 6.61 Å². The molecule has 0 radical (unpaired) electrons. The van der Waals surface area contributed by atoms with Crippen molar-refractivity contribution in [2.75, 3.05) is 6.61 Å². The molecule has 4 heterocycles. The molecule has 0 fully saturated rings. The standard InChI is InChI=1S/C57H48N4O2.Pt/c1-56(2,3)40-31-45(38-17-8-6-9-18-38)55(46(32-40)39-19-10-7-11-20-39)60-37-59(49-23-12-13-24-50(49)60)41-21-16-22-42(33-41)63-43-26-27-44-47-35-48-53(62-30-28-57(48,4)5)36-52(47)61(51(44)34-43)54-25-14-15-29-58-54;/h6-27,29,31-36H,28,30H2,1-5H3;. The zero-order valence-corrected chi connectivity index (χ0v) is 38.9. The average molecular weight is 1020 g/mol. The Morgan fingerprint density at radius 2 is 1.23 bits per heavy atom. The fraction of sp³-hybridized carbons (Fsp3) is 0.158. The molecular formula is C57H48N4O2Pt. The van der Waals surface area contributed by atoms with Crippen molar-refractivity contribution < 1.29 is 28.8 Å². The third kappa shape index (κ3) is 6.83. The van der Waals surface area contributed by atoms with Crippen LogP contribution >= 0.6 is 0 Å². The van der Waals surface area contributed by atoms with Gasteiger partial charge in [0, 0.05) is 11.8 Å². The first kappa shape index (κ1) is 40.1. The van der Waals surface area contributed by atoms with Crippen molar-refractivity contribution in [3.8, 4) is 56.7 Å². The van der Waals surface area contributed by atoms with Crippen LogP contribution in [0.5, 0.6) is 17.2 Å². The van der Waals surface area contributed by atoms with E-state index in [-0.39, 0.29) is 10.8 Å². The van der Waals surface area contributed by atoms with Crippen molar-refractivity contribution in [3.05, 3.63) is 191 Å². The normalized spacial score (nSPS) is 13.6. The van der Waals surface area contributed by atoms with Crippen LogP contribution in [0.4, 0.5) is 0 Å². The molecule has 6 nitrogen and oxygen atoms in total. The molecule has 0 spiro atoms. The molecule has 0 saturated heterocycles. The van der Waals surface area contributed by atoms with Gasteiger partial charge in [-0.25, -0.2) is 0 Å². The van der Waals surface area contributed by atoms with Gasteiger partial charge in [0.2, 0.25) is 0 Å². The first-order valence-electron chi connectivity index (χ1n) is 22.0. The van der Waals surface area contributed by atoms with Crippen LogP contribution < -0.4 is 9.47 Å². The number of hydrogen-bond donors (Lipinski definition) is 0. The Bertz CT molecular complexity index is 3410.